The first kappa shape index (κ1) is 10.9. The highest BCUT2D eigenvalue weighted by molar-refractivity contribution is 5.97. The van der Waals surface area contributed by atoms with Gasteiger partial charge in [0.15, 0.2) is 0 Å². The first-order valence-corrected chi connectivity index (χ1v) is 5.30. The molecular formula is C10H16N4O2. The van der Waals surface area contributed by atoms with Crippen molar-refractivity contribution in [2.45, 2.75) is 25.3 Å². The summed E-state index contributed by atoms with van der Waals surface area (Å²) >= 11 is 0. The zero-order valence-corrected chi connectivity index (χ0v) is 9.25. The molecule has 0 bridgehead atoms. The predicted octanol–water partition coefficient (Wildman–Crippen LogP) is 0.291. The van der Waals surface area contributed by atoms with Crippen molar-refractivity contribution in [2.24, 2.45) is 0 Å². The molecule has 0 saturated carbocycles. The fourth-order valence-electron chi connectivity index (χ4n) is 1.76. The average molecular weight is 224 g/mol. The molecule has 0 aliphatic carbocycles. The predicted molar refractivity (Wildman–Crippen MR) is 58.9 cm³/mol. The Morgan fingerprint density at radius 1 is 1.62 bits per heavy atom. The van der Waals surface area contributed by atoms with Crippen LogP contribution in [-0.4, -0.2) is 34.9 Å². The lowest BCUT2D eigenvalue weighted by Crippen LogP contribution is -2.49. The number of nitrogen functional groups attached to an aromatic ring is 1. The van der Waals surface area contributed by atoms with Gasteiger partial charge in [0.25, 0.3) is 5.91 Å². The summed E-state index contributed by atoms with van der Waals surface area (Å²) in [6.45, 7) is 3.37. The second kappa shape index (κ2) is 4.13. The number of anilines is 1. The number of H-pyrrole nitrogens is 1. The van der Waals surface area contributed by atoms with Gasteiger partial charge in [0.2, 0.25) is 0 Å². The van der Waals surface area contributed by atoms with Gasteiger partial charge < -0.3 is 15.8 Å². The van der Waals surface area contributed by atoms with Crippen LogP contribution < -0.4 is 11.1 Å². The number of carbonyl (C=O) groups is 1. The summed E-state index contributed by atoms with van der Waals surface area (Å²) in [5.41, 5.74) is 6.09. The SMILES string of the molecule is CC1(NC(=O)c2[nH]ncc2N)CCOCC1. The van der Waals surface area contributed by atoms with E-state index in [1.54, 1.807) is 0 Å². The first-order chi connectivity index (χ1) is 7.61. The molecule has 0 aromatic carbocycles. The van der Waals surface area contributed by atoms with Crippen molar-refractivity contribution in [3.05, 3.63) is 11.9 Å². The highest BCUT2D eigenvalue weighted by Gasteiger charge is 2.30. The normalized spacial score (nSPS) is 19.3. The van der Waals surface area contributed by atoms with Gasteiger partial charge in [-0.3, -0.25) is 9.89 Å². The molecule has 6 nitrogen and oxygen atoms in total. The summed E-state index contributed by atoms with van der Waals surface area (Å²) in [6.07, 6.45) is 3.06. The topological polar surface area (TPSA) is 93.0 Å². The molecule has 6 heteroatoms. The fourth-order valence-corrected chi connectivity index (χ4v) is 1.76. The monoisotopic (exact) mass is 224 g/mol. The van der Waals surface area contributed by atoms with Crippen LogP contribution in [-0.2, 0) is 4.74 Å². The molecule has 1 aromatic rings. The molecule has 0 radical (unpaired) electrons. The van der Waals surface area contributed by atoms with Crippen LogP contribution in [0, 0.1) is 0 Å². The summed E-state index contributed by atoms with van der Waals surface area (Å²) in [7, 11) is 0. The highest BCUT2D eigenvalue weighted by Crippen LogP contribution is 2.20. The Labute approximate surface area is 93.5 Å². The number of nitrogens with one attached hydrogen (secondary N) is 2. The van der Waals surface area contributed by atoms with E-state index in [0.29, 0.717) is 24.6 Å². The van der Waals surface area contributed by atoms with Crippen LogP contribution in [0.3, 0.4) is 0 Å². The number of hydrogen-bond donors (Lipinski definition) is 3. The first-order valence-electron chi connectivity index (χ1n) is 5.30. The number of hydrogen-bond acceptors (Lipinski definition) is 4. The van der Waals surface area contributed by atoms with Gasteiger partial charge in [-0.25, -0.2) is 0 Å². The molecule has 16 heavy (non-hydrogen) atoms. The van der Waals surface area contributed by atoms with Crippen LogP contribution in [0.4, 0.5) is 5.69 Å². The maximum Gasteiger partial charge on any atom is 0.271 e. The van der Waals surface area contributed by atoms with Gasteiger partial charge in [0.05, 0.1) is 11.9 Å². The Morgan fingerprint density at radius 3 is 2.88 bits per heavy atom. The second-order valence-electron chi connectivity index (χ2n) is 4.33. The van der Waals surface area contributed by atoms with Gasteiger partial charge in [0, 0.05) is 18.8 Å². The second-order valence-corrected chi connectivity index (χ2v) is 4.33. The number of aromatic amines is 1. The Morgan fingerprint density at radius 2 is 2.31 bits per heavy atom. The van der Waals surface area contributed by atoms with Crippen molar-refractivity contribution in [3.8, 4) is 0 Å². The van der Waals surface area contributed by atoms with E-state index in [9.17, 15) is 4.79 Å². The summed E-state index contributed by atoms with van der Waals surface area (Å²) in [4.78, 5) is 11.9. The average Bonchev–Trinajstić information content (AvgIpc) is 2.65. The molecule has 1 saturated heterocycles. The Kier molecular flexibility index (Phi) is 2.82. The fraction of sp³-hybridized carbons (Fsp3) is 0.600. The minimum absolute atomic E-state index is 0.209. The van der Waals surface area contributed by atoms with Crippen LogP contribution in [0.5, 0.6) is 0 Å². The van der Waals surface area contributed by atoms with E-state index in [2.05, 4.69) is 15.5 Å². The molecule has 1 amide bonds. The van der Waals surface area contributed by atoms with Crippen LogP contribution >= 0.6 is 0 Å². The van der Waals surface area contributed by atoms with Gasteiger partial charge in [-0.2, -0.15) is 5.10 Å². The summed E-state index contributed by atoms with van der Waals surface area (Å²) < 4.78 is 5.26. The molecule has 0 atom stereocenters. The quantitative estimate of drug-likeness (QED) is 0.673. The number of nitrogens with two attached hydrogens (primary N) is 1. The van der Waals surface area contributed by atoms with E-state index in [0.717, 1.165) is 12.8 Å². The van der Waals surface area contributed by atoms with Crippen molar-refractivity contribution in [1.82, 2.24) is 15.5 Å². The zero-order valence-electron chi connectivity index (χ0n) is 9.25. The molecule has 2 heterocycles. The molecule has 1 aliphatic rings. The number of amides is 1. The molecule has 4 N–H and O–H groups in total. The van der Waals surface area contributed by atoms with Crippen molar-refractivity contribution in [3.63, 3.8) is 0 Å². The van der Waals surface area contributed by atoms with Crippen LogP contribution in [0.2, 0.25) is 0 Å². The third kappa shape index (κ3) is 2.16. The van der Waals surface area contributed by atoms with Crippen molar-refractivity contribution in [1.29, 1.82) is 0 Å². The molecule has 2 rings (SSSR count). The van der Waals surface area contributed by atoms with Crippen LogP contribution in [0.15, 0.2) is 6.20 Å². The maximum absolute atomic E-state index is 11.9. The Bertz CT molecular complexity index is 382. The number of aromatic nitrogens is 2. The standard InChI is InChI=1S/C10H16N4O2/c1-10(2-4-16-5-3-10)13-9(15)8-7(11)6-12-14-8/h6H,2-5,11H2,1H3,(H,12,14)(H,13,15). The van der Waals surface area contributed by atoms with Gasteiger partial charge in [-0.1, -0.05) is 0 Å². The molecule has 1 fully saturated rings. The molecule has 1 aliphatic heterocycles. The van der Waals surface area contributed by atoms with Crippen LogP contribution in [0.1, 0.15) is 30.3 Å². The van der Waals surface area contributed by atoms with Gasteiger partial charge in [0.1, 0.15) is 5.69 Å². The number of rotatable bonds is 2. The molecule has 88 valence electrons. The Hall–Kier alpha value is -1.56. The maximum atomic E-state index is 11.9. The number of carbonyl (C=O) groups excluding carboxylic acids is 1. The van der Waals surface area contributed by atoms with Crippen molar-refractivity contribution in [2.75, 3.05) is 18.9 Å². The van der Waals surface area contributed by atoms with Crippen molar-refractivity contribution < 1.29 is 9.53 Å². The van der Waals surface area contributed by atoms with E-state index < -0.39 is 0 Å². The van der Waals surface area contributed by atoms with E-state index >= 15 is 0 Å². The molecule has 0 spiro atoms. The zero-order chi connectivity index (χ0) is 11.6. The number of nitrogens with zero attached hydrogens (tertiary/aromatic N) is 1. The van der Waals surface area contributed by atoms with Crippen molar-refractivity contribution >= 4 is 11.6 Å². The summed E-state index contributed by atoms with van der Waals surface area (Å²) in [6, 6.07) is 0. The molecular weight excluding hydrogens is 208 g/mol. The molecule has 0 unspecified atom stereocenters. The Balaban J connectivity index is 2.04. The summed E-state index contributed by atoms with van der Waals surface area (Å²) in [5, 5.41) is 9.29. The van der Waals surface area contributed by atoms with E-state index in [-0.39, 0.29) is 11.4 Å². The smallest absolute Gasteiger partial charge is 0.271 e. The van der Waals surface area contributed by atoms with Gasteiger partial charge in [-0.15, -0.1) is 0 Å². The molecule has 1 aromatic heterocycles. The minimum atomic E-state index is -0.215. The third-order valence-electron chi connectivity index (χ3n) is 2.91. The lowest BCUT2D eigenvalue weighted by molar-refractivity contribution is 0.0421. The largest absolute Gasteiger partial charge is 0.396 e. The van der Waals surface area contributed by atoms with Gasteiger partial charge in [-0.05, 0) is 19.8 Å². The van der Waals surface area contributed by atoms with E-state index in [1.807, 2.05) is 6.92 Å². The lowest BCUT2D eigenvalue weighted by Gasteiger charge is -2.34. The third-order valence-corrected chi connectivity index (χ3v) is 2.91. The van der Waals surface area contributed by atoms with E-state index in [4.69, 9.17) is 10.5 Å². The summed E-state index contributed by atoms with van der Waals surface area (Å²) in [5.74, 6) is -0.209. The lowest BCUT2D eigenvalue weighted by atomic mass is 9.92. The van der Waals surface area contributed by atoms with Crippen LogP contribution in [0.25, 0.3) is 0 Å². The van der Waals surface area contributed by atoms with Gasteiger partial charge >= 0.3 is 0 Å². The minimum Gasteiger partial charge on any atom is -0.396 e. The van der Waals surface area contributed by atoms with E-state index in [1.165, 1.54) is 6.20 Å². The highest BCUT2D eigenvalue weighted by atomic mass is 16.5. The number of ether oxygens (including phenoxy) is 1.